The van der Waals surface area contributed by atoms with Gasteiger partial charge in [-0.25, -0.2) is 4.79 Å². The average Bonchev–Trinajstić information content (AvgIpc) is 2.60. The summed E-state index contributed by atoms with van der Waals surface area (Å²) in [6.07, 6.45) is 1.32. The second kappa shape index (κ2) is 4.52. The van der Waals surface area contributed by atoms with E-state index in [2.05, 4.69) is 4.98 Å². The molecule has 4 N–H and O–H groups in total. The lowest BCUT2D eigenvalue weighted by Gasteiger charge is -2.23. The summed E-state index contributed by atoms with van der Waals surface area (Å²) < 4.78 is 33.4. The van der Waals surface area contributed by atoms with Gasteiger partial charge in [-0.1, -0.05) is 5.92 Å². The number of hydrogen-bond acceptors (Lipinski definition) is 6. The Morgan fingerprint density at radius 1 is 1.65 bits per heavy atom. The first kappa shape index (κ1) is 14.4. The zero-order valence-electron chi connectivity index (χ0n) is 10.0. The molecule has 2 heterocycles. The molecule has 3 atom stereocenters. The predicted molar refractivity (Wildman–Crippen MR) is 62.6 cm³/mol. The molecule has 1 aliphatic heterocycles. The summed E-state index contributed by atoms with van der Waals surface area (Å²) in [5.41, 5.74) is 1.87. The zero-order chi connectivity index (χ0) is 15.1. The van der Waals surface area contributed by atoms with Gasteiger partial charge in [0.2, 0.25) is 6.23 Å². The van der Waals surface area contributed by atoms with E-state index in [1.807, 2.05) is 0 Å². The maximum Gasteiger partial charge on any atom is 0.351 e. The molecule has 1 fully saturated rings. The van der Waals surface area contributed by atoms with Crippen molar-refractivity contribution in [2.24, 2.45) is 0 Å². The van der Waals surface area contributed by atoms with Crippen LogP contribution in [-0.4, -0.2) is 44.0 Å². The van der Waals surface area contributed by atoms with Gasteiger partial charge in [0.15, 0.2) is 11.7 Å². The molecule has 9 heteroatoms. The summed E-state index contributed by atoms with van der Waals surface area (Å²) in [5.74, 6) is -2.25. The minimum atomic E-state index is -3.89. The molecule has 108 valence electrons. The number of nitrogen functional groups attached to an aromatic ring is 1. The van der Waals surface area contributed by atoms with Gasteiger partial charge < -0.3 is 20.7 Å². The SMILES string of the molecule is C#CC1(CO)OC(n2ccc(N)nc2=O)C(F)(F)C1O. The molecule has 0 aliphatic carbocycles. The van der Waals surface area contributed by atoms with Gasteiger partial charge >= 0.3 is 11.6 Å². The second-order valence-electron chi connectivity index (χ2n) is 4.28. The average molecular weight is 287 g/mol. The smallest absolute Gasteiger partial charge is 0.351 e. The van der Waals surface area contributed by atoms with Crippen LogP contribution in [0.2, 0.25) is 0 Å². The Hall–Kier alpha value is -2.02. The number of halogens is 2. The van der Waals surface area contributed by atoms with E-state index in [1.54, 1.807) is 5.92 Å². The van der Waals surface area contributed by atoms with Crippen LogP contribution >= 0.6 is 0 Å². The van der Waals surface area contributed by atoms with Crippen LogP contribution < -0.4 is 11.4 Å². The maximum atomic E-state index is 14.0. The van der Waals surface area contributed by atoms with Crippen molar-refractivity contribution in [3.63, 3.8) is 0 Å². The van der Waals surface area contributed by atoms with Gasteiger partial charge in [-0.3, -0.25) is 4.57 Å². The van der Waals surface area contributed by atoms with E-state index in [0.29, 0.717) is 4.57 Å². The quantitative estimate of drug-likeness (QED) is 0.584. The highest BCUT2D eigenvalue weighted by Crippen LogP contribution is 2.47. The van der Waals surface area contributed by atoms with E-state index in [-0.39, 0.29) is 5.82 Å². The third kappa shape index (κ3) is 1.85. The Morgan fingerprint density at radius 2 is 2.30 bits per heavy atom. The molecule has 2 rings (SSSR count). The first-order chi connectivity index (χ1) is 9.28. The summed E-state index contributed by atoms with van der Waals surface area (Å²) in [5, 5.41) is 18.7. The molecule has 0 radical (unpaired) electrons. The third-order valence-electron chi connectivity index (χ3n) is 3.04. The molecule has 1 saturated heterocycles. The molecule has 0 aromatic carbocycles. The van der Waals surface area contributed by atoms with Crippen LogP contribution in [-0.2, 0) is 4.74 Å². The van der Waals surface area contributed by atoms with Crippen molar-refractivity contribution in [2.45, 2.75) is 23.9 Å². The van der Waals surface area contributed by atoms with Crippen molar-refractivity contribution in [3.8, 4) is 12.3 Å². The van der Waals surface area contributed by atoms with Crippen molar-refractivity contribution >= 4 is 5.82 Å². The Balaban J connectivity index is 2.53. The molecular formula is C11H11F2N3O4. The number of nitrogens with zero attached hydrogens (tertiary/aromatic N) is 2. The van der Waals surface area contributed by atoms with Crippen LogP contribution in [0.15, 0.2) is 17.1 Å². The van der Waals surface area contributed by atoms with Crippen molar-refractivity contribution in [3.05, 3.63) is 22.7 Å². The number of terminal acetylenes is 1. The topological polar surface area (TPSA) is 111 Å². The molecule has 0 saturated carbocycles. The van der Waals surface area contributed by atoms with Gasteiger partial charge in [-0.15, -0.1) is 6.42 Å². The molecule has 1 aromatic heterocycles. The highest BCUT2D eigenvalue weighted by molar-refractivity contribution is 5.25. The van der Waals surface area contributed by atoms with E-state index in [9.17, 15) is 18.7 Å². The van der Waals surface area contributed by atoms with Crippen molar-refractivity contribution in [2.75, 3.05) is 12.3 Å². The second-order valence-corrected chi connectivity index (χ2v) is 4.28. The van der Waals surface area contributed by atoms with Crippen molar-refractivity contribution in [1.82, 2.24) is 9.55 Å². The summed E-state index contributed by atoms with van der Waals surface area (Å²) >= 11 is 0. The number of aromatic nitrogens is 2. The maximum absolute atomic E-state index is 14.0. The van der Waals surface area contributed by atoms with E-state index in [1.165, 1.54) is 0 Å². The van der Waals surface area contributed by atoms with Gasteiger partial charge in [0.05, 0.1) is 6.61 Å². The van der Waals surface area contributed by atoms with Crippen molar-refractivity contribution in [1.29, 1.82) is 0 Å². The molecule has 1 aliphatic rings. The standard InChI is InChI=1S/C11H11F2N3O4/c1-2-10(5-17)7(18)11(12,13)8(20-10)16-4-3-6(14)15-9(16)19/h1,3-4,7-8,17-18H,5H2,(H2,14,15,19). The highest BCUT2D eigenvalue weighted by Gasteiger charge is 2.66. The number of ether oxygens (including phenoxy) is 1. The van der Waals surface area contributed by atoms with Crippen molar-refractivity contribution < 1.29 is 23.7 Å². The molecule has 7 nitrogen and oxygen atoms in total. The lowest BCUT2D eigenvalue weighted by atomic mass is 9.96. The Kier molecular flexibility index (Phi) is 3.25. The van der Waals surface area contributed by atoms with Crippen LogP contribution in [0.3, 0.4) is 0 Å². The van der Waals surface area contributed by atoms with E-state index < -0.39 is 36.2 Å². The first-order valence-corrected chi connectivity index (χ1v) is 5.45. The zero-order valence-corrected chi connectivity index (χ0v) is 10.0. The number of aliphatic hydroxyl groups excluding tert-OH is 2. The summed E-state index contributed by atoms with van der Waals surface area (Å²) in [6, 6.07) is 1.11. The Morgan fingerprint density at radius 3 is 2.75 bits per heavy atom. The monoisotopic (exact) mass is 287 g/mol. The molecule has 0 amide bonds. The first-order valence-electron chi connectivity index (χ1n) is 5.45. The van der Waals surface area contributed by atoms with Crippen LogP contribution in [0.1, 0.15) is 6.23 Å². The normalized spacial score (nSPS) is 31.9. The van der Waals surface area contributed by atoms with Crippen LogP contribution in [0.4, 0.5) is 14.6 Å². The van der Waals surface area contributed by atoms with Crippen LogP contribution in [0.25, 0.3) is 0 Å². The largest absolute Gasteiger partial charge is 0.392 e. The fourth-order valence-corrected chi connectivity index (χ4v) is 1.92. The van der Waals surface area contributed by atoms with E-state index in [0.717, 1.165) is 12.3 Å². The number of rotatable bonds is 2. The van der Waals surface area contributed by atoms with Gasteiger partial charge in [0, 0.05) is 6.20 Å². The van der Waals surface area contributed by atoms with Gasteiger partial charge in [-0.2, -0.15) is 13.8 Å². The summed E-state index contributed by atoms with van der Waals surface area (Å²) in [7, 11) is 0. The lowest BCUT2D eigenvalue weighted by Crippen LogP contribution is -2.48. The summed E-state index contributed by atoms with van der Waals surface area (Å²) in [4.78, 5) is 14.9. The number of aliphatic hydroxyl groups is 2. The molecule has 20 heavy (non-hydrogen) atoms. The van der Waals surface area contributed by atoms with Crippen LogP contribution in [0.5, 0.6) is 0 Å². The van der Waals surface area contributed by atoms with Gasteiger partial charge in [-0.05, 0) is 6.07 Å². The Labute approximate surface area is 111 Å². The molecule has 1 aromatic rings. The number of hydrogen-bond donors (Lipinski definition) is 3. The number of anilines is 1. The van der Waals surface area contributed by atoms with Crippen LogP contribution in [0, 0.1) is 12.3 Å². The van der Waals surface area contributed by atoms with E-state index in [4.69, 9.17) is 22.0 Å². The Bertz CT molecular complexity index is 627. The fourth-order valence-electron chi connectivity index (χ4n) is 1.92. The van der Waals surface area contributed by atoms with E-state index >= 15 is 0 Å². The number of alkyl halides is 2. The fraction of sp³-hybridized carbons (Fsp3) is 0.455. The van der Waals surface area contributed by atoms with Gasteiger partial charge in [0.1, 0.15) is 5.82 Å². The minimum absolute atomic E-state index is 0.154. The molecule has 0 spiro atoms. The highest BCUT2D eigenvalue weighted by atomic mass is 19.3. The number of nitrogens with two attached hydrogens (primary N) is 1. The minimum Gasteiger partial charge on any atom is -0.392 e. The van der Waals surface area contributed by atoms with Gasteiger partial charge in [0.25, 0.3) is 0 Å². The predicted octanol–water partition coefficient (Wildman–Crippen LogP) is -1.29. The molecule has 0 bridgehead atoms. The lowest BCUT2D eigenvalue weighted by molar-refractivity contribution is -0.142. The summed E-state index contributed by atoms with van der Waals surface area (Å²) in [6.45, 7) is -1.03. The molecular weight excluding hydrogens is 276 g/mol. The molecule has 3 unspecified atom stereocenters. The third-order valence-corrected chi connectivity index (χ3v) is 3.04.